The first-order valence-electron chi connectivity index (χ1n) is 6.84. The van der Waals surface area contributed by atoms with Gasteiger partial charge in [0.15, 0.2) is 6.61 Å². The largest absolute Gasteiger partial charge is 0.493 e. The number of rotatable bonds is 6. The summed E-state index contributed by atoms with van der Waals surface area (Å²) in [6.07, 6.45) is 0. The minimum atomic E-state index is -0.631. The Labute approximate surface area is 128 Å². The van der Waals surface area contributed by atoms with Crippen molar-refractivity contribution in [2.45, 2.75) is 20.8 Å². The van der Waals surface area contributed by atoms with E-state index >= 15 is 0 Å². The van der Waals surface area contributed by atoms with Gasteiger partial charge in [-0.15, -0.1) is 0 Å². The lowest BCUT2D eigenvalue weighted by atomic mass is 10.2. The van der Waals surface area contributed by atoms with Gasteiger partial charge in [-0.3, -0.25) is 20.4 Å². The van der Waals surface area contributed by atoms with Crippen molar-refractivity contribution < 1.29 is 23.9 Å². The predicted octanol–water partition coefficient (Wildman–Crippen LogP) is 1.05. The van der Waals surface area contributed by atoms with E-state index in [4.69, 9.17) is 9.47 Å². The van der Waals surface area contributed by atoms with Gasteiger partial charge < -0.3 is 9.47 Å². The monoisotopic (exact) mass is 308 g/mol. The SMILES string of the molecule is CC(=O)NNC(=O)COC(=O)c1ccc(OCC(C)C)cc1. The first-order chi connectivity index (χ1) is 10.4. The highest BCUT2D eigenvalue weighted by molar-refractivity contribution is 5.91. The van der Waals surface area contributed by atoms with Crippen molar-refractivity contribution in [1.82, 2.24) is 10.9 Å². The summed E-state index contributed by atoms with van der Waals surface area (Å²) in [5.74, 6) is -0.606. The van der Waals surface area contributed by atoms with Gasteiger partial charge in [0, 0.05) is 6.92 Å². The molecule has 0 saturated heterocycles. The standard InChI is InChI=1S/C15H20N2O5/c1-10(2)8-21-13-6-4-12(5-7-13)15(20)22-9-14(19)17-16-11(3)18/h4-7,10H,8-9H2,1-3H3,(H,16,18)(H,17,19). The van der Waals surface area contributed by atoms with E-state index in [0.29, 0.717) is 23.8 Å². The molecule has 0 atom stereocenters. The molecule has 0 aliphatic heterocycles. The third-order valence-electron chi connectivity index (χ3n) is 2.39. The number of hydrazine groups is 1. The molecule has 2 amide bonds. The fourth-order valence-electron chi connectivity index (χ4n) is 1.36. The lowest BCUT2D eigenvalue weighted by Crippen LogP contribution is -2.42. The molecule has 0 bridgehead atoms. The second-order valence-electron chi connectivity index (χ2n) is 5.03. The van der Waals surface area contributed by atoms with Crippen LogP contribution in [-0.2, 0) is 14.3 Å². The van der Waals surface area contributed by atoms with Crippen molar-refractivity contribution in [2.75, 3.05) is 13.2 Å². The van der Waals surface area contributed by atoms with Crippen molar-refractivity contribution in [2.24, 2.45) is 5.92 Å². The molecule has 1 aromatic carbocycles. The minimum Gasteiger partial charge on any atom is -0.493 e. The Morgan fingerprint density at radius 1 is 1.09 bits per heavy atom. The van der Waals surface area contributed by atoms with Gasteiger partial charge in [0.2, 0.25) is 5.91 Å². The van der Waals surface area contributed by atoms with Crippen molar-refractivity contribution in [3.05, 3.63) is 29.8 Å². The Kier molecular flexibility index (Phi) is 6.88. The van der Waals surface area contributed by atoms with Crippen LogP contribution >= 0.6 is 0 Å². The summed E-state index contributed by atoms with van der Waals surface area (Å²) in [4.78, 5) is 33.6. The summed E-state index contributed by atoms with van der Waals surface area (Å²) >= 11 is 0. The average Bonchev–Trinajstić information content (AvgIpc) is 2.49. The molecular formula is C15H20N2O5. The zero-order chi connectivity index (χ0) is 16.5. The van der Waals surface area contributed by atoms with Crippen LogP contribution in [0.15, 0.2) is 24.3 Å². The number of ether oxygens (including phenoxy) is 2. The maximum absolute atomic E-state index is 11.7. The highest BCUT2D eigenvalue weighted by Gasteiger charge is 2.10. The minimum absolute atomic E-state index is 0.309. The molecule has 0 aliphatic rings. The van der Waals surface area contributed by atoms with E-state index < -0.39 is 24.4 Å². The lowest BCUT2D eigenvalue weighted by molar-refractivity contribution is -0.129. The topological polar surface area (TPSA) is 93.7 Å². The van der Waals surface area contributed by atoms with E-state index in [2.05, 4.69) is 10.9 Å². The third kappa shape index (κ3) is 6.74. The molecule has 0 fully saturated rings. The Hall–Kier alpha value is -2.57. The van der Waals surface area contributed by atoms with Gasteiger partial charge in [-0.1, -0.05) is 13.8 Å². The molecule has 0 aromatic heterocycles. The van der Waals surface area contributed by atoms with Gasteiger partial charge in [-0.25, -0.2) is 4.79 Å². The van der Waals surface area contributed by atoms with Crippen molar-refractivity contribution in [1.29, 1.82) is 0 Å². The van der Waals surface area contributed by atoms with E-state index in [1.54, 1.807) is 24.3 Å². The molecule has 0 radical (unpaired) electrons. The highest BCUT2D eigenvalue weighted by atomic mass is 16.5. The fourth-order valence-corrected chi connectivity index (χ4v) is 1.36. The van der Waals surface area contributed by atoms with Crippen LogP contribution in [0.5, 0.6) is 5.75 Å². The number of hydrogen-bond acceptors (Lipinski definition) is 5. The van der Waals surface area contributed by atoms with Crippen LogP contribution in [0.3, 0.4) is 0 Å². The number of nitrogens with one attached hydrogen (secondary N) is 2. The zero-order valence-electron chi connectivity index (χ0n) is 12.8. The molecule has 1 aromatic rings. The normalized spacial score (nSPS) is 10.0. The zero-order valence-corrected chi connectivity index (χ0v) is 12.8. The predicted molar refractivity (Wildman–Crippen MR) is 79.0 cm³/mol. The van der Waals surface area contributed by atoms with Crippen molar-refractivity contribution >= 4 is 17.8 Å². The summed E-state index contributed by atoms with van der Waals surface area (Å²) in [5, 5.41) is 0. The van der Waals surface area contributed by atoms with E-state index in [9.17, 15) is 14.4 Å². The summed E-state index contributed by atoms with van der Waals surface area (Å²) in [7, 11) is 0. The van der Waals surface area contributed by atoms with Gasteiger partial charge in [0.25, 0.3) is 5.91 Å². The smallest absolute Gasteiger partial charge is 0.338 e. The van der Waals surface area contributed by atoms with Gasteiger partial charge in [0.1, 0.15) is 5.75 Å². The van der Waals surface area contributed by atoms with Crippen LogP contribution in [0.1, 0.15) is 31.1 Å². The maximum Gasteiger partial charge on any atom is 0.338 e. The Morgan fingerprint density at radius 2 is 1.73 bits per heavy atom. The van der Waals surface area contributed by atoms with Crippen molar-refractivity contribution in [3.8, 4) is 5.75 Å². The van der Waals surface area contributed by atoms with E-state index in [1.807, 2.05) is 13.8 Å². The number of carbonyl (C=O) groups excluding carboxylic acids is 3. The molecule has 7 heteroatoms. The van der Waals surface area contributed by atoms with E-state index in [-0.39, 0.29) is 0 Å². The van der Waals surface area contributed by atoms with Crippen LogP contribution in [0.2, 0.25) is 0 Å². The maximum atomic E-state index is 11.7. The Bertz CT molecular complexity index is 525. The van der Waals surface area contributed by atoms with Gasteiger partial charge >= 0.3 is 5.97 Å². The molecular weight excluding hydrogens is 288 g/mol. The average molecular weight is 308 g/mol. The van der Waals surface area contributed by atoms with Crippen LogP contribution < -0.4 is 15.6 Å². The second-order valence-corrected chi connectivity index (χ2v) is 5.03. The third-order valence-corrected chi connectivity index (χ3v) is 2.39. The van der Waals surface area contributed by atoms with Crippen LogP contribution in [0.4, 0.5) is 0 Å². The molecule has 0 saturated carbocycles. The number of esters is 1. The van der Waals surface area contributed by atoms with Gasteiger partial charge in [-0.05, 0) is 30.2 Å². The Balaban J connectivity index is 2.42. The van der Waals surface area contributed by atoms with E-state index in [0.717, 1.165) is 0 Å². The molecule has 22 heavy (non-hydrogen) atoms. The summed E-state index contributed by atoms with van der Waals surface area (Å²) < 4.78 is 10.3. The highest BCUT2D eigenvalue weighted by Crippen LogP contribution is 2.13. The van der Waals surface area contributed by atoms with Crippen LogP contribution in [0.25, 0.3) is 0 Å². The van der Waals surface area contributed by atoms with E-state index in [1.165, 1.54) is 6.92 Å². The molecule has 2 N–H and O–H groups in total. The summed E-state index contributed by atoms with van der Waals surface area (Å²) in [5.41, 5.74) is 4.49. The van der Waals surface area contributed by atoms with Gasteiger partial charge in [-0.2, -0.15) is 0 Å². The Morgan fingerprint density at radius 3 is 2.27 bits per heavy atom. The van der Waals surface area contributed by atoms with Gasteiger partial charge in [0.05, 0.1) is 12.2 Å². The number of benzene rings is 1. The molecule has 0 aliphatic carbocycles. The molecule has 0 heterocycles. The first kappa shape index (κ1) is 17.5. The number of amides is 2. The summed E-state index contributed by atoms with van der Waals surface area (Å²) in [6.45, 7) is 5.43. The summed E-state index contributed by atoms with van der Waals surface area (Å²) in [6, 6.07) is 6.44. The molecule has 120 valence electrons. The lowest BCUT2D eigenvalue weighted by Gasteiger charge is -2.09. The van der Waals surface area contributed by atoms with Crippen LogP contribution in [0, 0.1) is 5.92 Å². The fraction of sp³-hybridized carbons (Fsp3) is 0.400. The molecule has 0 unspecified atom stereocenters. The van der Waals surface area contributed by atoms with Crippen LogP contribution in [-0.4, -0.2) is 31.0 Å². The number of hydrogen-bond donors (Lipinski definition) is 2. The number of carbonyl (C=O) groups is 3. The first-order valence-corrected chi connectivity index (χ1v) is 6.84. The van der Waals surface area contributed by atoms with Crippen molar-refractivity contribution in [3.63, 3.8) is 0 Å². The molecule has 0 spiro atoms. The quantitative estimate of drug-likeness (QED) is 0.605. The molecule has 7 nitrogen and oxygen atoms in total. The molecule has 1 rings (SSSR count). The second kappa shape index (κ2) is 8.66.